The van der Waals surface area contributed by atoms with Crippen LogP contribution < -0.4 is 9.64 Å². The largest absolute Gasteiger partial charge is 0.573 e. The van der Waals surface area contributed by atoms with E-state index in [2.05, 4.69) is 4.74 Å². The van der Waals surface area contributed by atoms with Crippen LogP contribution in [0.3, 0.4) is 0 Å². The molecule has 0 spiro atoms. The lowest BCUT2D eigenvalue weighted by Crippen LogP contribution is -2.17. The van der Waals surface area contributed by atoms with E-state index in [4.69, 9.17) is 11.6 Å². The molecule has 0 radical (unpaired) electrons. The molecule has 2 aromatic carbocycles. The van der Waals surface area contributed by atoms with Gasteiger partial charge in [-0.05, 0) is 23.8 Å². The highest BCUT2D eigenvalue weighted by Crippen LogP contribution is 2.36. The van der Waals surface area contributed by atoms with Gasteiger partial charge in [-0.2, -0.15) is 0 Å². The normalized spacial score (nSPS) is 11.3. The molecular formula is C15H13ClF3NO. The maximum Gasteiger partial charge on any atom is 0.573 e. The molecule has 0 aliphatic carbocycles. The molecule has 2 aromatic rings. The van der Waals surface area contributed by atoms with E-state index < -0.39 is 6.36 Å². The van der Waals surface area contributed by atoms with Crippen LogP contribution in [-0.4, -0.2) is 20.5 Å². The number of rotatable bonds is 3. The fourth-order valence-corrected chi connectivity index (χ4v) is 2.38. The Labute approximate surface area is 125 Å². The molecule has 2 rings (SSSR count). The fraction of sp³-hybridized carbons (Fsp3) is 0.200. The van der Waals surface area contributed by atoms with Crippen LogP contribution in [0.4, 0.5) is 18.9 Å². The first-order valence-electron chi connectivity index (χ1n) is 6.10. The Morgan fingerprint density at radius 2 is 1.62 bits per heavy atom. The van der Waals surface area contributed by atoms with Gasteiger partial charge in [0.15, 0.2) is 0 Å². The zero-order valence-corrected chi connectivity index (χ0v) is 12.2. The second-order valence-electron chi connectivity index (χ2n) is 4.60. The van der Waals surface area contributed by atoms with E-state index in [1.54, 1.807) is 24.3 Å². The highest BCUT2D eigenvalue weighted by Gasteiger charge is 2.31. The summed E-state index contributed by atoms with van der Waals surface area (Å²) in [6.07, 6.45) is -4.69. The van der Waals surface area contributed by atoms with Crippen LogP contribution in [0.5, 0.6) is 5.75 Å². The van der Waals surface area contributed by atoms with Crippen molar-refractivity contribution >= 4 is 17.3 Å². The summed E-state index contributed by atoms with van der Waals surface area (Å²) in [6.45, 7) is 0. The Morgan fingerprint density at radius 1 is 1.00 bits per heavy atom. The van der Waals surface area contributed by atoms with E-state index in [0.29, 0.717) is 5.02 Å². The zero-order chi connectivity index (χ0) is 15.6. The molecule has 0 aliphatic rings. The van der Waals surface area contributed by atoms with Gasteiger partial charge >= 0.3 is 6.36 Å². The van der Waals surface area contributed by atoms with Crippen LogP contribution in [0.25, 0.3) is 11.1 Å². The number of anilines is 1. The van der Waals surface area contributed by atoms with Gasteiger partial charge in [-0.15, -0.1) is 13.2 Å². The van der Waals surface area contributed by atoms with Crippen molar-refractivity contribution in [1.29, 1.82) is 0 Å². The summed E-state index contributed by atoms with van der Waals surface area (Å²) in [5.41, 5.74) is 2.41. The number of para-hydroxylation sites is 1. The summed E-state index contributed by atoms with van der Waals surface area (Å²) < 4.78 is 40.3. The number of ether oxygens (including phenoxy) is 1. The van der Waals surface area contributed by atoms with Crippen molar-refractivity contribution in [3.8, 4) is 16.9 Å². The molecule has 0 heterocycles. The standard InChI is InChI=1S/C15H13ClF3NO/c1-20(2)14-12(4-3-5-13(14)16)10-6-8-11(9-7-10)21-15(17,18)19/h3-9H,1-2H3. The van der Waals surface area contributed by atoms with Crippen molar-refractivity contribution in [3.63, 3.8) is 0 Å². The monoisotopic (exact) mass is 315 g/mol. The predicted molar refractivity (Wildman–Crippen MR) is 77.9 cm³/mol. The molecule has 21 heavy (non-hydrogen) atoms. The SMILES string of the molecule is CN(C)c1c(Cl)cccc1-c1ccc(OC(F)(F)F)cc1. The summed E-state index contributed by atoms with van der Waals surface area (Å²) in [7, 11) is 3.71. The molecule has 0 saturated heterocycles. The molecule has 0 amide bonds. The number of halogens is 4. The van der Waals surface area contributed by atoms with E-state index in [1.165, 1.54) is 12.1 Å². The summed E-state index contributed by atoms with van der Waals surface area (Å²) >= 11 is 6.18. The minimum Gasteiger partial charge on any atom is -0.406 e. The van der Waals surface area contributed by atoms with Crippen LogP contribution in [0.2, 0.25) is 5.02 Å². The second-order valence-corrected chi connectivity index (χ2v) is 5.01. The molecule has 0 saturated carbocycles. The molecule has 0 fully saturated rings. The summed E-state index contributed by atoms with van der Waals surface area (Å²) in [4.78, 5) is 1.86. The summed E-state index contributed by atoms with van der Waals surface area (Å²) in [6, 6.07) is 11.1. The minimum absolute atomic E-state index is 0.250. The van der Waals surface area contributed by atoms with Crippen molar-refractivity contribution in [2.24, 2.45) is 0 Å². The van der Waals surface area contributed by atoms with Gasteiger partial charge < -0.3 is 9.64 Å². The van der Waals surface area contributed by atoms with Crippen molar-refractivity contribution in [2.45, 2.75) is 6.36 Å². The predicted octanol–water partition coefficient (Wildman–Crippen LogP) is 4.97. The molecule has 0 aromatic heterocycles. The van der Waals surface area contributed by atoms with Gasteiger partial charge in [-0.25, -0.2) is 0 Å². The molecule has 0 atom stereocenters. The Bertz CT molecular complexity index is 624. The first-order chi connectivity index (χ1) is 9.78. The first-order valence-corrected chi connectivity index (χ1v) is 6.48. The average molecular weight is 316 g/mol. The lowest BCUT2D eigenvalue weighted by molar-refractivity contribution is -0.274. The second kappa shape index (κ2) is 5.85. The zero-order valence-electron chi connectivity index (χ0n) is 11.4. The Morgan fingerprint density at radius 3 is 2.14 bits per heavy atom. The quantitative estimate of drug-likeness (QED) is 0.792. The van der Waals surface area contributed by atoms with Crippen LogP contribution in [-0.2, 0) is 0 Å². The van der Waals surface area contributed by atoms with Gasteiger partial charge in [-0.3, -0.25) is 0 Å². The highest BCUT2D eigenvalue weighted by atomic mass is 35.5. The first kappa shape index (κ1) is 15.5. The minimum atomic E-state index is -4.69. The molecule has 0 N–H and O–H groups in total. The molecule has 6 heteroatoms. The van der Waals surface area contributed by atoms with Crippen LogP contribution >= 0.6 is 11.6 Å². The van der Waals surface area contributed by atoms with E-state index in [-0.39, 0.29) is 5.75 Å². The summed E-state index contributed by atoms with van der Waals surface area (Å²) in [5, 5.41) is 0.577. The molecular weight excluding hydrogens is 303 g/mol. The lowest BCUT2D eigenvalue weighted by atomic mass is 10.0. The molecule has 2 nitrogen and oxygen atoms in total. The maximum atomic E-state index is 12.1. The molecule has 0 unspecified atom stereocenters. The lowest BCUT2D eigenvalue weighted by Gasteiger charge is -2.19. The molecule has 112 valence electrons. The van der Waals surface area contributed by atoms with Crippen molar-refractivity contribution < 1.29 is 17.9 Å². The Kier molecular flexibility index (Phi) is 4.32. The van der Waals surface area contributed by atoms with Gasteiger partial charge in [0, 0.05) is 19.7 Å². The topological polar surface area (TPSA) is 12.5 Å². The Balaban J connectivity index is 2.38. The highest BCUT2D eigenvalue weighted by molar-refractivity contribution is 6.34. The summed E-state index contributed by atoms with van der Waals surface area (Å²) in [5.74, 6) is -0.250. The molecule has 0 aliphatic heterocycles. The van der Waals surface area contributed by atoms with Gasteiger partial charge in [0.25, 0.3) is 0 Å². The van der Waals surface area contributed by atoms with Crippen LogP contribution in [0, 0.1) is 0 Å². The van der Waals surface area contributed by atoms with Crippen molar-refractivity contribution in [2.75, 3.05) is 19.0 Å². The van der Waals surface area contributed by atoms with Crippen LogP contribution in [0.1, 0.15) is 0 Å². The number of hydrogen-bond acceptors (Lipinski definition) is 2. The van der Waals surface area contributed by atoms with E-state index >= 15 is 0 Å². The van der Waals surface area contributed by atoms with Crippen molar-refractivity contribution in [1.82, 2.24) is 0 Å². The van der Waals surface area contributed by atoms with E-state index in [1.807, 2.05) is 25.1 Å². The third-order valence-electron chi connectivity index (χ3n) is 2.83. The average Bonchev–Trinajstić information content (AvgIpc) is 2.37. The van der Waals surface area contributed by atoms with E-state index in [0.717, 1.165) is 16.8 Å². The fourth-order valence-electron chi connectivity index (χ4n) is 2.04. The van der Waals surface area contributed by atoms with Gasteiger partial charge in [0.05, 0.1) is 10.7 Å². The van der Waals surface area contributed by atoms with Gasteiger partial charge in [0.1, 0.15) is 5.75 Å². The third kappa shape index (κ3) is 3.82. The van der Waals surface area contributed by atoms with Crippen LogP contribution in [0.15, 0.2) is 42.5 Å². The molecule has 0 bridgehead atoms. The Hall–Kier alpha value is -1.88. The smallest absolute Gasteiger partial charge is 0.406 e. The third-order valence-corrected chi connectivity index (χ3v) is 3.14. The van der Waals surface area contributed by atoms with Crippen molar-refractivity contribution in [3.05, 3.63) is 47.5 Å². The number of nitrogens with zero attached hydrogens (tertiary/aromatic N) is 1. The number of hydrogen-bond donors (Lipinski definition) is 0. The van der Waals surface area contributed by atoms with Gasteiger partial charge in [-0.1, -0.05) is 35.9 Å². The van der Waals surface area contributed by atoms with Gasteiger partial charge in [0.2, 0.25) is 0 Å². The number of benzene rings is 2. The van der Waals surface area contributed by atoms with E-state index in [9.17, 15) is 13.2 Å². The number of alkyl halides is 3. The maximum absolute atomic E-state index is 12.1.